The van der Waals surface area contributed by atoms with Gasteiger partial charge in [-0.05, 0) is 36.6 Å². The Labute approximate surface area is 120 Å². The Hall–Kier alpha value is -1.65. The largest absolute Gasteiger partial charge is 0.380 e. The highest BCUT2D eigenvalue weighted by Crippen LogP contribution is 2.17. The maximum atomic E-state index is 12.6. The highest BCUT2D eigenvalue weighted by molar-refractivity contribution is 5.96. The lowest BCUT2D eigenvalue weighted by atomic mass is 10.0. The molecule has 0 atom stereocenters. The summed E-state index contributed by atoms with van der Waals surface area (Å²) in [6, 6.07) is 7.73. The van der Waals surface area contributed by atoms with Gasteiger partial charge in [0.25, 0.3) is 5.91 Å². The third-order valence-electron chi connectivity index (χ3n) is 3.58. The van der Waals surface area contributed by atoms with Gasteiger partial charge in [-0.25, -0.2) is 0 Å². The van der Waals surface area contributed by atoms with Crippen LogP contribution in [0.15, 0.2) is 35.9 Å². The van der Waals surface area contributed by atoms with Gasteiger partial charge in [-0.2, -0.15) is 0 Å². The standard InChI is InChI=1S/C16H22N2O2/c1-20-12-13-7-10-18(11-8-13)16(19)15-5-3-2-4-14(15)6-9-17/h2-5,7H,6,8-12,17H2,1H3. The van der Waals surface area contributed by atoms with E-state index < -0.39 is 0 Å². The van der Waals surface area contributed by atoms with Crippen LogP contribution in [0.3, 0.4) is 0 Å². The molecule has 1 heterocycles. The maximum absolute atomic E-state index is 12.6. The molecule has 4 heteroatoms. The maximum Gasteiger partial charge on any atom is 0.254 e. The third kappa shape index (κ3) is 3.46. The second-order valence-electron chi connectivity index (χ2n) is 4.99. The van der Waals surface area contributed by atoms with Crippen molar-refractivity contribution in [3.8, 4) is 0 Å². The Morgan fingerprint density at radius 1 is 1.40 bits per heavy atom. The summed E-state index contributed by atoms with van der Waals surface area (Å²) in [6.45, 7) is 2.63. The summed E-state index contributed by atoms with van der Waals surface area (Å²) in [5.74, 6) is 0.0989. The van der Waals surface area contributed by atoms with Crippen LogP contribution in [0.2, 0.25) is 0 Å². The number of hydrogen-bond donors (Lipinski definition) is 1. The molecule has 0 unspecified atom stereocenters. The minimum Gasteiger partial charge on any atom is -0.380 e. The smallest absolute Gasteiger partial charge is 0.254 e. The van der Waals surface area contributed by atoms with E-state index in [1.807, 2.05) is 29.2 Å². The van der Waals surface area contributed by atoms with Gasteiger partial charge in [0, 0.05) is 25.8 Å². The molecule has 1 amide bonds. The molecule has 0 aromatic heterocycles. The Morgan fingerprint density at radius 3 is 2.85 bits per heavy atom. The minimum atomic E-state index is 0.0989. The Morgan fingerprint density at radius 2 is 2.20 bits per heavy atom. The van der Waals surface area contributed by atoms with Gasteiger partial charge < -0.3 is 15.4 Å². The minimum absolute atomic E-state index is 0.0989. The van der Waals surface area contributed by atoms with Crippen LogP contribution in [0.1, 0.15) is 22.3 Å². The second-order valence-corrected chi connectivity index (χ2v) is 4.99. The molecular weight excluding hydrogens is 252 g/mol. The predicted octanol–water partition coefficient (Wildman–Crippen LogP) is 1.61. The summed E-state index contributed by atoms with van der Waals surface area (Å²) in [6.07, 6.45) is 3.72. The predicted molar refractivity (Wildman–Crippen MR) is 79.7 cm³/mol. The van der Waals surface area contributed by atoms with Crippen molar-refractivity contribution in [2.45, 2.75) is 12.8 Å². The van der Waals surface area contributed by atoms with Crippen molar-refractivity contribution in [1.29, 1.82) is 0 Å². The highest BCUT2D eigenvalue weighted by atomic mass is 16.5. The van der Waals surface area contributed by atoms with E-state index >= 15 is 0 Å². The average Bonchev–Trinajstić information content (AvgIpc) is 2.49. The number of nitrogens with two attached hydrogens (primary N) is 1. The number of carbonyl (C=O) groups excluding carboxylic acids is 1. The van der Waals surface area contributed by atoms with E-state index in [1.54, 1.807) is 7.11 Å². The number of rotatable bonds is 5. The number of ether oxygens (including phenoxy) is 1. The zero-order valence-corrected chi connectivity index (χ0v) is 12.0. The van der Waals surface area contributed by atoms with Gasteiger partial charge in [-0.3, -0.25) is 4.79 Å². The molecule has 1 aliphatic rings. The lowest BCUT2D eigenvalue weighted by Crippen LogP contribution is -2.36. The highest BCUT2D eigenvalue weighted by Gasteiger charge is 2.20. The monoisotopic (exact) mass is 274 g/mol. The molecule has 0 aliphatic carbocycles. The summed E-state index contributed by atoms with van der Waals surface area (Å²) < 4.78 is 5.13. The topological polar surface area (TPSA) is 55.6 Å². The first-order valence-corrected chi connectivity index (χ1v) is 7.00. The molecular formula is C16H22N2O2. The van der Waals surface area contributed by atoms with E-state index in [9.17, 15) is 4.79 Å². The molecule has 2 rings (SSSR count). The number of hydrogen-bond acceptors (Lipinski definition) is 3. The van der Waals surface area contributed by atoms with Gasteiger partial charge in [0.05, 0.1) is 6.61 Å². The molecule has 4 nitrogen and oxygen atoms in total. The Kier molecular flexibility index (Phi) is 5.32. The molecule has 0 saturated heterocycles. The number of benzene rings is 1. The summed E-state index contributed by atoms with van der Waals surface area (Å²) in [5, 5.41) is 0. The molecule has 0 radical (unpaired) electrons. The van der Waals surface area contributed by atoms with E-state index in [2.05, 4.69) is 6.08 Å². The van der Waals surface area contributed by atoms with Crippen LogP contribution in [-0.2, 0) is 11.2 Å². The van der Waals surface area contributed by atoms with Crippen LogP contribution < -0.4 is 5.73 Å². The molecule has 20 heavy (non-hydrogen) atoms. The molecule has 0 saturated carbocycles. The van der Waals surface area contributed by atoms with E-state index in [1.165, 1.54) is 5.57 Å². The summed E-state index contributed by atoms with van der Waals surface area (Å²) >= 11 is 0. The van der Waals surface area contributed by atoms with Crippen LogP contribution in [0.4, 0.5) is 0 Å². The molecule has 2 N–H and O–H groups in total. The number of nitrogens with zero attached hydrogens (tertiary/aromatic N) is 1. The van der Waals surface area contributed by atoms with Crippen molar-refractivity contribution >= 4 is 5.91 Å². The first-order valence-electron chi connectivity index (χ1n) is 7.00. The molecule has 108 valence electrons. The van der Waals surface area contributed by atoms with Crippen molar-refractivity contribution in [3.63, 3.8) is 0 Å². The van der Waals surface area contributed by atoms with Crippen LogP contribution in [0.5, 0.6) is 0 Å². The molecule has 1 aliphatic heterocycles. The first-order chi connectivity index (χ1) is 9.76. The van der Waals surface area contributed by atoms with Crippen molar-refractivity contribution in [2.75, 3.05) is 33.4 Å². The summed E-state index contributed by atoms with van der Waals surface area (Å²) in [5.41, 5.74) is 8.69. The Bertz CT molecular complexity index is 497. The Balaban J connectivity index is 2.09. The van der Waals surface area contributed by atoms with Gasteiger partial charge in [-0.15, -0.1) is 0 Å². The quantitative estimate of drug-likeness (QED) is 0.830. The van der Waals surface area contributed by atoms with E-state index in [-0.39, 0.29) is 5.91 Å². The fourth-order valence-corrected chi connectivity index (χ4v) is 2.48. The van der Waals surface area contributed by atoms with Gasteiger partial charge in [0.2, 0.25) is 0 Å². The molecule has 1 aromatic rings. The SMILES string of the molecule is COCC1=CCN(C(=O)c2ccccc2CCN)CC1. The second kappa shape index (κ2) is 7.22. The number of methoxy groups -OCH3 is 1. The van der Waals surface area contributed by atoms with Crippen molar-refractivity contribution < 1.29 is 9.53 Å². The fourth-order valence-electron chi connectivity index (χ4n) is 2.48. The van der Waals surface area contributed by atoms with E-state index in [0.717, 1.165) is 30.5 Å². The van der Waals surface area contributed by atoms with Crippen LogP contribution in [0, 0.1) is 0 Å². The third-order valence-corrected chi connectivity index (χ3v) is 3.58. The van der Waals surface area contributed by atoms with Crippen LogP contribution in [-0.4, -0.2) is 44.2 Å². The first kappa shape index (κ1) is 14.8. The van der Waals surface area contributed by atoms with Crippen molar-refractivity contribution in [1.82, 2.24) is 4.90 Å². The zero-order chi connectivity index (χ0) is 14.4. The van der Waals surface area contributed by atoms with Crippen molar-refractivity contribution in [2.24, 2.45) is 5.73 Å². The average molecular weight is 274 g/mol. The van der Waals surface area contributed by atoms with Gasteiger partial charge >= 0.3 is 0 Å². The molecule has 1 aromatic carbocycles. The normalized spacial score (nSPS) is 15.1. The molecule has 0 fully saturated rings. The van der Waals surface area contributed by atoms with Gasteiger partial charge in [0.15, 0.2) is 0 Å². The zero-order valence-electron chi connectivity index (χ0n) is 12.0. The molecule has 0 spiro atoms. The molecule has 0 bridgehead atoms. The van der Waals surface area contributed by atoms with Gasteiger partial charge in [-0.1, -0.05) is 24.3 Å². The van der Waals surface area contributed by atoms with E-state index in [0.29, 0.717) is 19.7 Å². The number of amides is 1. The summed E-state index contributed by atoms with van der Waals surface area (Å²) in [4.78, 5) is 14.5. The lowest BCUT2D eigenvalue weighted by Gasteiger charge is -2.27. The van der Waals surface area contributed by atoms with Crippen LogP contribution in [0.25, 0.3) is 0 Å². The van der Waals surface area contributed by atoms with Crippen LogP contribution >= 0.6 is 0 Å². The van der Waals surface area contributed by atoms with E-state index in [4.69, 9.17) is 10.5 Å². The summed E-state index contributed by atoms with van der Waals surface area (Å²) in [7, 11) is 1.70. The number of carbonyl (C=O) groups is 1. The van der Waals surface area contributed by atoms with Crippen molar-refractivity contribution in [3.05, 3.63) is 47.0 Å². The van der Waals surface area contributed by atoms with Gasteiger partial charge in [0.1, 0.15) is 0 Å². The lowest BCUT2D eigenvalue weighted by molar-refractivity contribution is 0.0764. The fraction of sp³-hybridized carbons (Fsp3) is 0.438.